The van der Waals surface area contributed by atoms with E-state index in [1.807, 2.05) is 30.3 Å². The van der Waals surface area contributed by atoms with E-state index < -0.39 is 0 Å². The van der Waals surface area contributed by atoms with Crippen molar-refractivity contribution in [3.63, 3.8) is 0 Å². The molecule has 0 aliphatic carbocycles. The maximum Gasteiger partial charge on any atom is 0.157 e. The lowest BCUT2D eigenvalue weighted by atomic mass is 10.3. The first-order valence-corrected chi connectivity index (χ1v) is 5.01. The lowest BCUT2D eigenvalue weighted by Crippen LogP contribution is -1.95. The van der Waals surface area contributed by atoms with Crippen molar-refractivity contribution in [3.05, 3.63) is 47.0 Å². The van der Waals surface area contributed by atoms with Crippen LogP contribution in [0.1, 0.15) is 0 Å². The lowest BCUT2D eigenvalue weighted by molar-refractivity contribution is 1.17. The van der Waals surface area contributed by atoms with Crippen LogP contribution in [0, 0.1) is 0 Å². The molecule has 0 saturated heterocycles. The highest BCUT2D eigenvalue weighted by atomic mass is 35.5. The van der Waals surface area contributed by atoms with E-state index in [1.165, 1.54) is 6.33 Å². The number of halogens is 2. The topological polar surface area (TPSA) is 37.8 Å². The van der Waals surface area contributed by atoms with Gasteiger partial charge in [0.05, 0.1) is 0 Å². The fraction of sp³-hybridized carbons (Fsp3) is 0. The zero-order valence-corrected chi connectivity index (χ0v) is 9.13. The summed E-state index contributed by atoms with van der Waals surface area (Å²) in [6, 6.07) is 9.55. The fourth-order valence-electron chi connectivity index (χ4n) is 1.11. The molecule has 15 heavy (non-hydrogen) atoms. The molecule has 1 aromatic heterocycles. The lowest BCUT2D eigenvalue weighted by Gasteiger charge is -2.07. The Morgan fingerprint density at radius 3 is 2.13 bits per heavy atom. The van der Waals surface area contributed by atoms with Gasteiger partial charge >= 0.3 is 0 Å². The summed E-state index contributed by atoms with van der Waals surface area (Å²) in [5, 5.41) is 3.66. The average molecular weight is 240 g/mol. The van der Waals surface area contributed by atoms with Crippen LogP contribution in [-0.2, 0) is 0 Å². The fourth-order valence-corrected chi connectivity index (χ4v) is 1.52. The van der Waals surface area contributed by atoms with Gasteiger partial charge in [-0.2, -0.15) is 0 Å². The van der Waals surface area contributed by atoms with Crippen molar-refractivity contribution in [1.29, 1.82) is 0 Å². The summed E-state index contributed by atoms with van der Waals surface area (Å²) in [6.45, 7) is 0. The number of aromatic nitrogens is 2. The Hall–Kier alpha value is -1.32. The van der Waals surface area contributed by atoms with Crippen LogP contribution < -0.4 is 5.32 Å². The number of rotatable bonds is 2. The minimum Gasteiger partial charge on any atom is -0.350 e. The zero-order valence-electron chi connectivity index (χ0n) is 7.61. The molecule has 0 atom stereocenters. The highest BCUT2D eigenvalue weighted by Crippen LogP contribution is 2.28. The van der Waals surface area contributed by atoms with Crippen molar-refractivity contribution in [2.45, 2.75) is 0 Å². The molecule has 1 N–H and O–H groups in total. The molecule has 0 fully saturated rings. The van der Waals surface area contributed by atoms with E-state index in [2.05, 4.69) is 15.3 Å². The summed E-state index contributed by atoms with van der Waals surface area (Å²) in [5.74, 6) is 0. The molecule has 0 amide bonds. The number of nitrogens with one attached hydrogen (secondary N) is 1. The van der Waals surface area contributed by atoms with Gasteiger partial charge in [0, 0.05) is 5.69 Å². The summed E-state index contributed by atoms with van der Waals surface area (Å²) in [4.78, 5) is 7.69. The molecular weight excluding hydrogens is 233 g/mol. The molecule has 0 aliphatic rings. The van der Waals surface area contributed by atoms with Crippen molar-refractivity contribution >= 4 is 34.6 Å². The Balaban J connectivity index is 2.32. The Morgan fingerprint density at radius 2 is 1.53 bits per heavy atom. The second-order valence-corrected chi connectivity index (χ2v) is 3.54. The van der Waals surface area contributed by atoms with E-state index in [1.54, 1.807) is 0 Å². The van der Waals surface area contributed by atoms with E-state index >= 15 is 0 Å². The van der Waals surface area contributed by atoms with E-state index in [0.29, 0.717) is 16.0 Å². The number of benzene rings is 1. The van der Waals surface area contributed by atoms with Gasteiger partial charge in [-0.25, -0.2) is 9.97 Å². The first-order chi connectivity index (χ1) is 7.27. The summed E-state index contributed by atoms with van der Waals surface area (Å²) in [5.41, 5.74) is 1.41. The van der Waals surface area contributed by atoms with Crippen molar-refractivity contribution in [2.24, 2.45) is 0 Å². The molecule has 2 rings (SSSR count). The minimum absolute atomic E-state index is 0.304. The van der Waals surface area contributed by atoms with Crippen molar-refractivity contribution in [3.8, 4) is 0 Å². The first kappa shape index (κ1) is 10.2. The van der Waals surface area contributed by atoms with Crippen LogP contribution in [0.25, 0.3) is 0 Å². The third kappa shape index (κ3) is 2.37. The zero-order chi connectivity index (χ0) is 10.7. The first-order valence-electron chi connectivity index (χ1n) is 4.25. The Labute approximate surface area is 97.1 Å². The van der Waals surface area contributed by atoms with Crippen LogP contribution >= 0.6 is 23.2 Å². The van der Waals surface area contributed by atoms with Gasteiger partial charge < -0.3 is 5.32 Å². The Morgan fingerprint density at radius 1 is 0.933 bits per heavy atom. The Kier molecular flexibility index (Phi) is 3.04. The van der Waals surface area contributed by atoms with Crippen molar-refractivity contribution < 1.29 is 0 Å². The highest BCUT2D eigenvalue weighted by Gasteiger charge is 2.07. The molecule has 0 saturated carbocycles. The monoisotopic (exact) mass is 239 g/mol. The highest BCUT2D eigenvalue weighted by molar-refractivity contribution is 6.37. The maximum absolute atomic E-state index is 5.88. The second kappa shape index (κ2) is 4.47. The molecule has 1 aromatic carbocycles. The van der Waals surface area contributed by atoms with Crippen LogP contribution in [0.3, 0.4) is 0 Å². The molecular formula is C10H7Cl2N3. The largest absolute Gasteiger partial charge is 0.350 e. The van der Waals surface area contributed by atoms with Crippen LogP contribution in [0.2, 0.25) is 10.3 Å². The average Bonchev–Trinajstić information content (AvgIpc) is 2.25. The van der Waals surface area contributed by atoms with Gasteiger partial charge in [0.15, 0.2) is 10.3 Å². The van der Waals surface area contributed by atoms with Gasteiger partial charge in [-0.05, 0) is 12.1 Å². The summed E-state index contributed by atoms with van der Waals surface area (Å²) >= 11 is 11.8. The molecule has 1 heterocycles. The third-order valence-electron chi connectivity index (χ3n) is 1.80. The minimum atomic E-state index is 0.304. The molecule has 0 spiro atoms. The van der Waals surface area contributed by atoms with Crippen LogP contribution in [-0.4, -0.2) is 9.97 Å². The molecule has 0 radical (unpaired) electrons. The Bertz CT molecular complexity index is 439. The van der Waals surface area contributed by atoms with Gasteiger partial charge in [0.1, 0.15) is 12.0 Å². The van der Waals surface area contributed by atoms with Gasteiger partial charge in [-0.3, -0.25) is 0 Å². The number of hydrogen-bond donors (Lipinski definition) is 1. The van der Waals surface area contributed by atoms with E-state index in [9.17, 15) is 0 Å². The normalized spacial score (nSPS) is 10.0. The summed E-state index contributed by atoms with van der Waals surface area (Å²) in [7, 11) is 0. The van der Waals surface area contributed by atoms with Crippen LogP contribution in [0.15, 0.2) is 36.7 Å². The molecule has 2 aromatic rings. The van der Waals surface area contributed by atoms with E-state index in [0.717, 1.165) is 5.69 Å². The van der Waals surface area contributed by atoms with Gasteiger partial charge in [0.25, 0.3) is 0 Å². The third-order valence-corrected chi connectivity index (χ3v) is 2.37. The predicted molar refractivity (Wildman–Crippen MR) is 61.8 cm³/mol. The summed E-state index contributed by atoms with van der Waals surface area (Å²) < 4.78 is 0. The van der Waals surface area contributed by atoms with Crippen LogP contribution in [0.4, 0.5) is 11.4 Å². The smallest absolute Gasteiger partial charge is 0.157 e. The van der Waals surface area contributed by atoms with Crippen molar-refractivity contribution in [1.82, 2.24) is 9.97 Å². The standard InChI is InChI=1S/C10H7Cl2N3/c11-9-8(10(12)14-6-13-9)15-7-4-2-1-3-5-7/h1-6,15H. The van der Waals surface area contributed by atoms with Crippen LogP contribution in [0.5, 0.6) is 0 Å². The quantitative estimate of drug-likeness (QED) is 0.816. The molecule has 5 heteroatoms. The van der Waals surface area contributed by atoms with Crippen molar-refractivity contribution in [2.75, 3.05) is 5.32 Å². The molecule has 0 unspecified atom stereocenters. The molecule has 0 aliphatic heterocycles. The maximum atomic E-state index is 5.88. The number of anilines is 2. The van der Waals surface area contributed by atoms with Gasteiger partial charge in [-0.15, -0.1) is 0 Å². The van der Waals surface area contributed by atoms with Gasteiger partial charge in [-0.1, -0.05) is 41.4 Å². The second-order valence-electron chi connectivity index (χ2n) is 2.82. The number of nitrogens with zero attached hydrogens (tertiary/aromatic N) is 2. The predicted octanol–water partition coefficient (Wildman–Crippen LogP) is 3.53. The van der Waals surface area contributed by atoms with E-state index in [-0.39, 0.29) is 0 Å². The molecule has 0 bridgehead atoms. The number of para-hydroxylation sites is 1. The number of hydrogen-bond acceptors (Lipinski definition) is 3. The molecule has 3 nitrogen and oxygen atoms in total. The van der Waals surface area contributed by atoms with Gasteiger partial charge in [0.2, 0.25) is 0 Å². The van der Waals surface area contributed by atoms with E-state index in [4.69, 9.17) is 23.2 Å². The molecule has 76 valence electrons. The summed E-state index contributed by atoms with van der Waals surface area (Å²) in [6.07, 6.45) is 1.32. The SMILES string of the molecule is Clc1ncnc(Cl)c1Nc1ccccc1.